The van der Waals surface area contributed by atoms with Gasteiger partial charge in [-0.05, 0) is 12.1 Å². The van der Waals surface area contributed by atoms with Crippen molar-refractivity contribution >= 4 is 19.9 Å². The molecule has 0 unspecified atom stereocenters. The van der Waals surface area contributed by atoms with Gasteiger partial charge in [0.25, 0.3) is 0 Å². The van der Waals surface area contributed by atoms with Crippen LogP contribution in [0.5, 0.6) is 0 Å². The van der Waals surface area contributed by atoms with E-state index in [4.69, 9.17) is 0 Å². The van der Waals surface area contributed by atoms with Crippen molar-refractivity contribution in [3.8, 4) is 0 Å². The van der Waals surface area contributed by atoms with Gasteiger partial charge in [-0.25, -0.2) is 16.8 Å². The van der Waals surface area contributed by atoms with Gasteiger partial charge in [-0.2, -0.15) is 4.31 Å². The molecular formula is C12H17NO5S2. The minimum atomic E-state index is -3.81. The largest absolute Gasteiger partial charge is 0.390 e. The van der Waals surface area contributed by atoms with Crippen LogP contribution in [0.15, 0.2) is 35.2 Å². The van der Waals surface area contributed by atoms with Gasteiger partial charge in [0, 0.05) is 6.54 Å². The first-order valence-electron chi connectivity index (χ1n) is 6.23. The number of rotatable bonds is 4. The molecular weight excluding hydrogens is 302 g/mol. The van der Waals surface area contributed by atoms with E-state index in [0.717, 1.165) is 4.31 Å². The Kier molecular flexibility index (Phi) is 4.19. The predicted molar refractivity (Wildman–Crippen MR) is 74.5 cm³/mol. The summed E-state index contributed by atoms with van der Waals surface area (Å²) in [5.74, 6) is -0.730. The van der Waals surface area contributed by atoms with Gasteiger partial charge in [0.15, 0.2) is 9.84 Å². The van der Waals surface area contributed by atoms with E-state index >= 15 is 0 Å². The average molecular weight is 319 g/mol. The Morgan fingerprint density at radius 2 is 1.85 bits per heavy atom. The van der Waals surface area contributed by atoms with E-state index in [1.165, 1.54) is 12.1 Å². The fourth-order valence-electron chi connectivity index (χ4n) is 2.40. The van der Waals surface area contributed by atoms with Crippen molar-refractivity contribution in [2.45, 2.75) is 24.0 Å². The Morgan fingerprint density at radius 1 is 1.25 bits per heavy atom. The summed E-state index contributed by atoms with van der Waals surface area (Å²) >= 11 is 0. The first-order chi connectivity index (χ1) is 9.28. The molecule has 1 heterocycles. The molecule has 0 amide bonds. The normalized spacial score (nSPS) is 25.9. The number of nitrogens with zero attached hydrogens (tertiary/aromatic N) is 1. The molecule has 1 aromatic rings. The van der Waals surface area contributed by atoms with E-state index < -0.39 is 37.8 Å². The molecule has 0 saturated carbocycles. The standard InChI is InChI=1S/C12H17NO5S2/c1-2-13(11-8-19(15,16)9-12(11)14)20(17,18)10-6-4-3-5-7-10/h3-7,11-12,14H,2,8-9H2,1H3/t11-,12-/m0/s1. The maximum atomic E-state index is 12.5. The van der Waals surface area contributed by atoms with Crippen molar-refractivity contribution in [1.82, 2.24) is 4.31 Å². The minimum Gasteiger partial charge on any atom is -0.390 e. The van der Waals surface area contributed by atoms with Gasteiger partial charge in [-0.15, -0.1) is 0 Å². The van der Waals surface area contributed by atoms with Gasteiger partial charge in [0.2, 0.25) is 10.0 Å². The lowest BCUT2D eigenvalue weighted by molar-refractivity contribution is 0.130. The third kappa shape index (κ3) is 2.88. The van der Waals surface area contributed by atoms with Crippen molar-refractivity contribution in [2.24, 2.45) is 0 Å². The van der Waals surface area contributed by atoms with Crippen LogP contribution in [0.3, 0.4) is 0 Å². The lowest BCUT2D eigenvalue weighted by atomic mass is 10.2. The predicted octanol–water partition coefficient (Wildman–Crippen LogP) is -0.145. The highest BCUT2D eigenvalue weighted by atomic mass is 32.2. The summed E-state index contributed by atoms with van der Waals surface area (Å²) in [5, 5.41) is 9.85. The minimum absolute atomic E-state index is 0.0957. The van der Waals surface area contributed by atoms with Crippen LogP contribution in [-0.2, 0) is 19.9 Å². The highest BCUT2D eigenvalue weighted by Gasteiger charge is 2.43. The van der Waals surface area contributed by atoms with E-state index in [-0.39, 0.29) is 17.2 Å². The summed E-state index contributed by atoms with van der Waals surface area (Å²) in [6.07, 6.45) is -1.18. The average Bonchev–Trinajstić information content (AvgIpc) is 2.64. The highest BCUT2D eigenvalue weighted by Crippen LogP contribution is 2.24. The number of hydrogen-bond acceptors (Lipinski definition) is 5. The first kappa shape index (κ1) is 15.4. The van der Waals surface area contributed by atoms with Crippen molar-refractivity contribution in [2.75, 3.05) is 18.1 Å². The SMILES string of the molecule is CCN([C@H]1CS(=O)(=O)C[C@@H]1O)S(=O)(=O)c1ccccc1. The van der Waals surface area contributed by atoms with Crippen molar-refractivity contribution < 1.29 is 21.9 Å². The number of hydrogen-bond donors (Lipinski definition) is 1. The zero-order valence-electron chi connectivity index (χ0n) is 11.0. The summed E-state index contributed by atoms with van der Waals surface area (Å²) in [6.45, 7) is 1.73. The number of aliphatic hydroxyl groups is 1. The van der Waals surface area contributed by atoms with Crippen molar-refractivity contribution in [3.63, 3.8) is 0 Å². The lowest BCUT2D eigenvalue weighted by Crippen LogP contribution is -2.46. The summed E-state index contributed by atoms with van der Waals surface area (Å²) < 4.78 is 49.2. The molecule has 2 rings (SSSR count). The molecule has 8 heteroatoms. The molecule has 6 nitrogen and oxygen atoms in total. The lowest BCUT2D eigenvalue weighted by Gasteiger charge is -2.28. The van der Waals surface area contributed by atoms with Crippen LogP contribution >= 0.6 is 0 Å². The van der Waals surface area contributed by atoms with Crippen LogP contribution in [0.25, 0.3) is 0 Å². The van der Waals surface area contributed by atoms with Gasteiger partial charge in [-0.1, -0.05) is 25.1 Å². The highest BCUT2D eigenvalue weighted by molar-refractivity contribution is 7.92. The Bertz CT molecular complexity index is 669. The van der Waals surface area contributed by atoms with Crippen molar-refractivity contribution in [3.05, 3.63) is 30.3 Å². The fraction of sp³-hybridized carbons (Fsp3) is 0.500. The molecule has 1 aromatic carbocycles. The van der Waals surface area contributed by atoms with E-state index in [0.29, 0.717) is 0 Å². The number of sulfonamides is 1. The number of likely N-dealkylation sites (N-methyl/N-ethyl adjacent to an activating group) is 1. The van der Waals surface area contributed by atoms with Crippen LogP contribution in [0.2, 0.25) is 0 Å². The molecule has 1 aliphatic rings. The molecule has 1 aliphatic heterocycles. The molecule has 1 fully saturated rings. The molecule has 2 atom stereocenters. The second kappa shape index (κ2) is 5.44. The molecule has 112 valence electrons. The summed E-state index contributed by atoms with van der Waals surface area (Å²) in [5.41, 5.74) is 0. The zero-order valence-corrected chi connectivity index (χ0v) is 12.6. The van der Waals surface area contributed by atoms with Crippen LogP contribution < -0.4 is 0 Å². The van der Waals surface area contributed by atoms with E-state index in [9.17, 15) is 21.9 Å². The van der Waals surface area contributed by atoms with Crippen LogP contribution in [-0.4, -0.2) is 56.4 Å². The van der Waals surface area contributed by atoms with Crippen LogP contribution in [0.4, 0.5) is 0 Å². The summed E-state index contributed by atoms with van der Waals surface area (Å²) in [6, 6.07) is 6.88. The third-order valence-corrected chi connectivity index (χ3v) is 7.04. The molecule has 0 aromatic heterocycles. The Hall–Kier alpha value is -0.960. The first-order valence-corrected chi connectivity index (χ1v) is 9.49. The van der Waals surface area contributed by atoms with Gasteiger partial charge >= 0.3 is 0 Å². The van der Waals surface area contributed by atoms with E-state index in [1.54, 1.807) is 25.1 Å². The Balaban J connectivity index is 2.39. The molecule has 0 bridgehead atoms. The van der Waals surface area contributed by atoms with Gasteiger partial charge in [-0.3, -0.25) is 0 Å². The van der Waals surface area contributed by atoms with Gasteiger partial charge in [0.1, 0.15) is 0 Å². The quantitative estimate of drug-likeness (QED) is 0.833. The molecule has 0 spiro atoms. The fourth-order valence-corrected chi connectivity index (χ4v) is 5.97. The maximum Gasteiger partial charge on any atom is 0.243 e. The third-order valence-electron chi connectivity index (χ3n) is 3.32. The van der Waals surface area contributed by atoms with Gasteiger partial charge < -0.3 is 5.11 Å². The molecule has 0 aliphatic carbocycles. The smallest absolute Gasteiger partial charge is 0.243 e. The number of sulfone groups is 1. The molecule has 20 heavy (non-hydrogen) atoms. The Morgan fingerprint density at radius 3 is 2.30 bits per heavy atom. The van der Waals surface area contributed by atoms with Crippen LogP contribution in [0, 0.1) is 0 Å². The number of aliphatic hydroxyl groups excluding tert-OH is 1. The molecule has 1 saturated heterocycles. The second-order valence-electron chi connectivity index (χ2n) is 4.73. The zero-order chi connectivity index (χ0) is 15.0. The van der Waals surface area contributed by atoms with E-state index in [2.05, 4.69) is 0 Å². The monoisotopic (exact) mass is 319 g/mol. The second-order valence-corrected chi connectivity index (χ2v) is 8.78. The summed E-state index contributed by atoms with van der Waals surface area (Å²) in [7, 11) is -7.21. The maximum absolute atomic E-state index is 12.5. The van der Waals surface area contributed by atoms with Gasteiger partial charge in [0.05, 0.1) is 28.5 Å². The Labute approximate surface area is 119 Å². The molecule has 0 radical (unpaired) electrons. The van der Waals surface area contributed by atoms with Crippen LogP contribution in [0.1, 0.15) is 6.92 Å². The summed E-state index contributed by atoms with van der Waals surface area (Å²) in [4.78, 5) is 0.0957. The number of benzene rings is 1. The topological polar surface area (TPSA) is 91.8 Å². The van der Waals surface area contributed by atoms with Crippen molar-refractivity contribution in [1.29, 1.82) is 0 Å². The molecule has 1 N–H and O–H groups in total. The van der Waals surface area contributed by atoms with E-state index in [1.807, 2.05) is 0 Å².